The lowest BCUT2D eigenvalue weighted by Gasteiger charge is -2.63. The minimum absolute atomic E-state index is 0.0983. The fourth-order valence-corrected chi connectivity index (χ4v) is 9.65. The van der Waals surface area contributed by atoms with Crippen LogP contribution in [0.15, 0.2) is 48.5 Å². The van der Waals surface area contributed by atoms with Crippen LogP contribution in [0.3, 0.4) is 0 Å². The molecule has 4 bridgehead atoms. The standard InChI is InChI=1S/C38H51N5O7S/c1-22-7-5-6-8-30(22)43(23(2)32(46)33-37(36(49)50-3)17-25-15-26(18-37)20-38(33,40)19-25)31(45)21-41-35(48)29(13-14-51-4)42-34(47)28(39)16-24-9-11-27(44)12-10-24/h5-12,23,25-26,28-29,33,44H,13-21,39-40H2,1-4H3,(H,41,48)(H,42,47)/t23?,25?,26?,28-,29+,33?,37?,38?/m0/s1. The number of Topliss-reactive ketones (excluding diaryl/α,β-unsaturated/α-hetero) is 1. The maximum Gasteiger partial charge on any atom is 0.312 e. The number of phenols is 1. The summed E-state index contributed by atoms with van der Waals surface area (Å²) >= 11 is 1.51. The molecule has 3 amide bonds. The van der Waals surface area contributed by atoms with E-state index >= 15 is 0 Å². The van der Waals surface area contributed by atoms with Gasteiger partial charge in [0.15, 0.2) is 5.78 Å². The van der Waals surface area contributed by atoms with E-state index in [-0.39, 0.29) is 29.8 Å². The number of aryl methyl sites for hydroxylation is 1. The second kappa shape index (κ2) is 15.7. The number of carbonyl (C=O) groups excluding carboxylic acids is 5. The Morgan fingerprint density at radius 2 is 1.67 bits per heavy atom. The monoisotopic (exact) mass is 721 g/mol. The first-order valence-corrected chi connectivity index (χ1v) is 19.0. The average molecular weight is 722 g/mol. The summed E-state index contributed by atoms with van der Waals surface area (Å²) in [5, 5.41) is 15.0. The summed E-state index contributed by atoms with van der Waals surface area (Å²) in [4.78, 5) is 70.5. The maximum atomic E-state index is 14.7. The molecule has 0 aromatic heterocycles. The molecule has 4 unspecified atom stereocenters. The molecule has 4 aliphatic rings. The molecule has 0 heterocycles. The zero-order valence-corrected chi connectivity index (χ0v) is 30.7. The van der Waals surface area contributed by atoms with Gasteiger partial charge in [-0.25, -0.2) is 0 Å². The summed E-state index contributed by atoms with van der Waals surface area (Å²) in [7, 11) is 1.35. The molecule has 4 saturated carbocycles. The number of esters is 1. The number of carbonyl (C=O) groups is 5. The summed E-state index contributed by atoms with van der Waals surface area (Å²) in [6.45, 7) is 3.05. The topological polar surface area (TPSA) is 194 Å². The van der Waals surface area contributed by atoms with Gasteiger partial charge in [-0.2, -0.15) is 11.8 Å². The second-order valence-electron chi connectivity index (χ2n) is 14.8. The molecule has 0 saturated heterocycles. The molecule has 6 rings (SSSR count). The number of nitrogens with two attached hydrogens (primary N) is 2. The number of phenolic OH excluding ortho intramolecular Hbond substituents is 1. The molecule has 0 radical (unpaired) electrons. The molecule has 0 aliphatic heterocycles. The average Bonchev–Trinajstić information content (AvgIpc) is 3.09. The Bertz CT molecular complexity index is 1620. The number of thioether (sulfide) groups is 1. The van der Waals surface area contributed by atoms with Gasteiger partial charge in [-0.15, -0.1) is 0 Å². The number of para-hydroxylation sites is 1. The van der Waals surface area contributed by atoms with Crippen molar-refractivity contribution in [3.05, 3.63) is 59.7 Å². The summed E-state index contributed by atoms with van der Waals surface area (Å²) in [6, 6.07) is 10.6. The van der Waals surface area contributed by atoms with Crippen molar-refractivity contribution >= 4 is 46.9 Å². The normalized spacial score (nSPS) is 26.4. The van der Waals surface area contributed by atoms with Gasteiger partial charge >= 0.3 is 5.97 Å². The zero-order valence-electron chi connectivity index (χ0n) is 29.9. The Labute approximate surface area is 303 Å². The highest BCUT2D eigenvalue weighted by molar-refractivity contribution is 7.98. The molecule has 2 aromatic rings. The number of ether oxygens (including phenoxy) is 1. The van der Waals surface area contributed by atoms with Gasteiger partial charge in [-0.3, -0.25) is 24.0 Å². The van der Waals surface area contributed by atoms with Crippen LogP contribution in [0.25, 0.3) is 0 Å². The van der Waals surface area contributed by atoms with E-state index in [1.807, 2.05) is 25.3 Å². The van der Waals surface area contributed by atoms with E-state index in [2.05, 4.69) is 10.6 Å². The third-order valence-electron chi connectivity index (χ3n) is 11.1. The lowest BCUT2D eigenvalue weighted by Crippen LogP contribution is -2.72. The highest BCUT2D eigenvalue weighted by Crippen LogP contribution is 2.64. The molecule has 276 valence electrons. The molecule has 0 spiro atoms. The molecule has 12 nitrogen and oxygen atoms in total. The van der Waals surface area contributed by atoms with Crippen molar-refractivity contribution in [3.8, 4) is 5.75 Å². The van der Waals surface area contributed by atoms with Gasteiger partial charge in [-0.05, 0) is 112 Å². The zero-order chi connectivity index (χ0) is 37.1. The number of nitrogens with one attached hydrogen (secondary N) is 2. The predicted octanol–water partition coefficient (Wildman–Crippen LogP) is 2.61. The smallest absolute Gasteiger partial charge is 0.312 e. The van der Waals surface area contributed by atoms with Crippen molar-refractivity contribution < 1.29 is 33.8 Å². The highest BCUT2D eigenvalue weighted by atomic mass is 32.2. The SMILES string of the molecule is COC(=O)C12CC3CC(CC(N)(C3)C1C(=O)C(C)N(C(=O)CNC(=O)[C@@H](CCSC)NC(=O)[C@@H](N)Cc1ccc(O)cc1)c1ccccc1C)C2. The third kappa shape index (κ3) is 7.95. The number of anilines is 1. The largest absolute Gasteiger partial charge is 0.508 e. The van der Waals surface area contributed by atoms with E-state index < -0.39 is 65.2 Å². The van der Waals surface area contributed by atoms with Gasteiger partial charge < -0.3 is 36.8 Å². The molecule has 4 aliphatic carbocycles. The van der Waals surface area contributed by atoms with Gasteiger partial charge in [0.1, 0.15) is 11.8 Å². The molecular weight excluding hydrogens is 671 g/mol. The van der Waals surface area contributed by atoms with Gasteiger partial charge in [-0.1, -0.05) is 30.3 Å². The predicted molar refractivity (Wildman–Crippen MR) is 196 cm³/mol. The summed E-state index contributed by atoms with van der Waals surface area (Å²) in [5.41, 5.74) is 13.3. The van der Waals surface area contributed by atoms with Crippen molar-refractivity contribution in [2.24, 2.45) is 34.6 Å². The van der Waals surface area contributed by atoms with Crippen molar-refractivity contribution in [1.29, 1.82) is 0 Å². The van der Waals surface area contributed by atoms with Crippen LogP contribution in [0, 0.1) is 30.1 Å². The number of aromatic hydroxyl groups is 1. The van der Waals surface area contributed by atoms with Crippen LogP contribution in [0.2, 0.25) is 0 Å². The Balaban J connectivity index is 1.34. The van der Waals surface area contributed by atoms with E-state index in [0.29, 0.717) is 43.5 Å². The molecule has 51 heavy (non-hydrogen) atoms. The van der Waals surface area contributed by atoms with Crippen LogP contribution < -0.4 is 27.0 Å². The fourth-order valence-electron chi connectivity index (χ4n) is 9.18. The van der Waals surface area contributed by atoms with E-state index in [1.165, 1.54) is 35.9 Å². The van der Waals surface area contributed by atoms with Crippen molar-refractivity contribution in [2.75, 3.05) is 30.6 Å². The van der Waals surface area contributed by atoms with Gasteiger partial charge in [0, 0.05) is 11.2 Å². The number of methoxy groups -OCH3 is 1. The quantitative estimate of drug-likeness (QED) is 0.171. The van der Waals surface area contributed by atoms with Crippen molar-refractivity contribution in [2.45, 2.75) is 82.5 Å². The molecule has 7 N–H and O–H groups in total. The minimum Gasteiger partial charge on any atom is -0.508 e. The van der Waals surface area contributed by atoms with Crippen LogP contribution in [-0.2, 0) is 35.1 Å². The first-order chi connectivity index (χ1) is 24.2. The second-order valence-corrected chi connectivity index (χ2v) is 15.7. The van der Waals surface area contributed by atoms with Crippen LogP contribution in [0.1, 0.15) is 56.6 Å². The Morgan fingerprint density at radius 1 is 1.02 bits per heavy atom. The van der Waals surface area contributed by atoms with E-state index in [4.69, 9.17) is 16.2 Å². The first kappa shape index (κ1) is 38.3. The van der Waals surface area contributed by atoms with Crippen LogP contribution >= 0.6 is 11.8 Å². The third-order valence-corrected chi connectivity index (χ3v) is 11.8. The highest BCUT2D eigenvalue weighted by Gasteiger charge is 2.68. The van der Waals surface area contributed by atoms with Gasteiger partial charge in [0.25, 0.3) is 0 Å². The van der Waals surface area contributed by atoms with Crippen molar-refractivity contribution in [3.63, 3.8) is 0 Å². The number of nitrogens with zero attached hydrogens (tertiary/aromatic N) is 1. The van der Waals surface area contributed by atoms with Crippen LogP contribution in [0.4, 0.5) is 5.69 Å². The Morgan fingerprint density at radius 3 is 2.27 bits per heavy atom. The first-order valence-electron chi connectivity index (χ1n) is 17.6. The molecule has 2 aromatic carbocycles. The van der Waals surface area contributed by atoms with Crippen LogP contribution in [0.5, 0.6) is 5.75 Å². The Kier molecular flexibility index (Phi) is 11.8. The van der Waals surface area contributed by atoms with E-state index in [1.54, 1.807) is 31.2 Å². The Hall–Kier alpha value is -3.94. The van der Waals surface area contributed by atoms with Crippen LogP contribution in [-0.4, -0.2) is 83.9 Å². The summed E-state index contributed by atoms with van der Waals surface area (Å²) < 4.78 is 5.32. The maximum absolute atomic E-state index is 14.7. The van der Waals surface area contributed by atoms with Gasteiger partial charge in [0.05, 0.1) is 37.1 Å². The fraction of sp³-hybridized carbons (Fsp3) is 0.553. The molecule has 6 atom stereocenters. The number of ketones is 1. The van der Waals surface area contributed by atoms with Gasteiger partial charge in [0.2, 0.25) is 17.7 Å². The number of hydrogen-bond acceptors (Lipinski definition) is 10. The van der Waals surface area contributed by atoms with E-state index in [9.17, 15) is 29.1 Å². The number of benzene rings is 2. The number of amides is 3. The summed E-state index contributed by atoms with van der Waals surface area (Å²) in [6.07, 6.45) is 5.72. The lowest BCUT2D eigenvalue weighted by molar-refractivity contribution is -0.187. The van der Waals surface area contributed by atoms with Crippen molar-refractivity contribution in [1.82, 2.24) is 10.6 Å². The minimum atomic E-state index is -1.04. The molecule has 4 fully saturated rings. The summed E-state index contributed by atoms with van der Waals surface area (Å²) in [5.74, 6) is -2.01. The molecule has 13 heteroatoms. The molecular formula is C38H51N5O7S. The lowest BCUT2D eigenvalue weighted by atomic mass is 9.41. The number of hydrogen-bond donors (Lipinski definition) is 5. The number of rotatable bonds is 15. The van der Waals surface area contributed by atoms with E-state index in [0.717, 1.165) is 17.5 Å².